The molecule has 0 saturated heterocycles. The first-order chi connectivity index (χ1) is 15.1. The number of carbonyl (C=O) groups is 1. The molecule has 0 N–H and O–H groups in total. The van der Waals surface area contributed by atoms with Crippen LogP contribution in [0.25, 0.3) is 15.7 Å². The van der Waals surface area contributed by atoms with E-state index < -0.39 is 0 Å². The van der Waals surface area contributed by atoms with Gasteiger partial charge in [0.1, 0.15) is 6.61 Å². The smallest absolute Gasteiger partial charge is 0.258 e. The maximum absolute atomic E-state index is 12.9. The molecule has 4 rings (SSSR count). The highest BCUT2D eigenvalue weighted by molar-refractivity contribution is 6.37. The van der Waals surface area contributed by atoms with Crippen molar-refractivity contribution in [1.29, 1.82) is 0 Å². The first-order valence-corrected chi connectivity index (χ1v) is 9.84. The second-order valence-corrected chi connectivity index (χ2v) is 7.14. The number of nitrogens with zero attached hydrogens (tertiary/aromatic N) is 2. The fourth-order valence-corrected chi connectivity index (χ4v) is 3.46. The van der Waals surface area contributed by atoms with Crippen molar-refractivity contribution in [3.8, 4) is 11.6 Å². The van der Waals surface area contributed by atoms with Crippen molar-refractivity contribution in [3.05, 3.63) is 106 Å². The van der Waals surface area contributed by atoms with E-state index in [9.17, 15) is 4.79 Å². The first-order valence-electron chi connectivity index (χ1n) is 9.47. The molecule has 31 heavy (non-hydrogen) atoms. The van der Waals surface area contributed by atoms with E-state index in [0.29, 0.717) is 45.1 Å². The molecule has 0 aliphatic heterocycles. The molecule has 0 saturated carbocycles. The highest BCUT2D eigenvalue weighted by atomic mass is 35.5. The Balaban J connectivity index is 1.71. The van der Waals surface area contributed by atoms with E-state index in [2.05, 4.69) is 9.83 Å². The van der Waals surface area contributed by atoms with Crippen molar-refractivity contribution in [3.63, 3.8) is 0 Å². The molecule has 152 valence electrons. The fraction of sp³-hybridized carbons (Fsp3) is 0.0800. The van der Waals surface area contributed by atoms with E-state index >= 15 is 0 Å². The Morgan fingerprint density at radius 1 is 1.03 bits per heavy atom. The molecule has 0 bridgehead atoms. The van der Waals surface area contributed by atoms with E-state index in [-0.39, 0.29) is 11.7 Å². The summed E-state index contributed by atoms with van der Waals surface area (Å²) in [6.07, 6.45) is 0. The summed E-state index contributed by atoms with van der Waals surface area (Å²) in [6.45, 7) is 7.34. The molecule has 0 spiro atoms. The number of ether oxygens (including phenoxy) is 2. The number of benzene rings is 3. The van der Waals surface area contributed by atoms with Gasteiger partial charge in [-0.1, -0.05) is 66.2 Å². The van der Waals surface area contributed by atoms with Crippen LogP contribution >= 0.6 is 11.6 Å². The minimum atomic E-state index is -0.169. The van der Waals surface area contributed by atoms with E-state index in [1.165, 1.54) is 7.11 Å². The highest BCUT2D eigenvalue weighted by Gasteiger charge is 2.18. The van der Waals surface area contributed by atoms with Crippen LogP contribution in [-0.2, 0) is 6.61 Å². The molecule has 3 aromatic carbocycles. The lowest BCUT2D eigenvalue weighted by atomic mass is 10.0. The van der Waals surface area contributed by atoms with Gasteiger partial charge in [0.15, 0.2) is 11.5 Å². The van der Waals surface area contributed by atoms with Crippen molar-refractivity contribution >= 4 is 34.0 Å². The van der Waals surface area contributed by atoms with Crippen LogP contribution in [0.5, 0.6) is 11.6 Å². The SMILES string of the molecule is [C-]#[N+]c1ccc(C(=O)c2ccc3nc(OC)c(OCc4ccccc4)c(Cl)c3c2)cc1. The molecule has 1 heterocycles. The second-order valence-electron chi connectivity index (χ2n) is 6.76. The van der Waals surface area contributed by atoms with Gasteiger partial charge in [-0.05, 0) is 23.8 Å². The zero-order valence-corrected chi connectivity index (χ0v) is 17.4. The van der Waals surface area contributed by atoms with Crippen LogP contribution in [0.3, 0.4) is 0 Å². The van der Waals surface area contributed by atoms with Crippen LogP contribution in [0.1, 0.15) is 21.5 Å². The minimum Gasteiger partial charge on any atom is -0.482 e. The summed E-state index contributed by atoms with van der Waals surface area (Å²) >= 11 is 6.66. The average Bonchev–Trinajstić information content (AvgIpc) is 2.83. The van der Waals surface area contributed by atoms with E-state index in [1.807, 2.05) is 30.3 Å². The van der Waals surface area contributed by atoms with Crippen molar-refractivity contribution in [2.24, 2.45) is 0 Å². The quantitative estimate of drug-likeness (QED) is 0.269. The largest absolute Gasteiger partial charge is 0.482 e. The van der Waals surface area contributed by atoms with Gasteiger partial charge in [-0.25, -0.2) is 9.83 Å². The number of pyridine rings is 1. The average molecular weight is 429 g/mol. The Hall–Kier alpha value is -3.88. The van der Waals surface area contributed by atoms with Gasteiger partial charge >= 0.3 is 0 Å². The molecule has 0 aliphatic rings. The number of aromatic nitrogens is 1. The van der Waals surface area contributed by atoms with Crippen LogP contribution in [0.4, 0.5) is 5.69 Å². The Morgan fingerprint density at radius 2 is 1.74 bits per heavy atom. The summed E-state index contributed by atoms with van der Waals surface area (Å²) in [6, 6.07) is 21.3. The van der Waals surface area contributed by atoms with Gasteiger partial charge < -0.3 is 9.47 Å². The number of hydrogen-bond donors (Lipinski definition) is 0. The van der Waals surface area contributed by atoms with Crippen molar-refractivity contribution in [2.45, 2.75) is 6.61 Å². The summed E-state index contributed by atoms with van der Waals surface area (Å²) in [7, 11) is 1.50. The minimum absolute atomic E-state index is 0.169. The van der Waals surface area contributed by atoms with Gasteiger partial charge in [0, 0.05) is 16.5 Å². The van der Waals surface area contributed by atoms with Crippen LogP contribution in [-0.4, -0.2) is 17.9 Å². The number of rotatable bonds is 6. The van der Waals surface area contributed by atoms with Crippen molar-refractivity contribution < 1.29 is 14.3 Å². The molecular weight excluding hydrogens is 412 g/mol. The summed E-state index contributed by atoms with van der Waals surface area (Å²) in [5.74, 6) is 0.436. The number of carbonyl (C=O) groups excluding carboxylic acids is 1. The zero-order valence-electron chi connectivity index (χ0n) is 16.6. The summed E-state index contributed by atoms with van der Waals surface area (Å²) in [4.78, 5) is 20.8. The molecule has 1 aromatic heterocycles. The van der Waals surface area contributed by atoms with Crippen LogP contribution in [0, 0.1) is 6.57 Å². The number of hydrogen-bond acceptors (Lipinski definition) is 4. The maximum atomic E-state index is 12.9. The summed E-state index contributed by atoms with van der Waals surface area (Å²) in [5, 5.41) is 0.921. The van der Waals surface area contributed by atoms with Gasteiger partial charge in [0.25, 0.3) is 5.88 Å². The molecule has 0 fully saturated rings. The van der Waals surface area contributed by atoms with Gasteiger partial charge in [-0.15, -0.1) is 0 Å². The van der Waals surface area contributed by atoms with Crippen molar-refractivity contribution in [1.82, 2.24) is 4.98 Å². The maximum Gasteiger partial charge on any atom is 0.258 e. The third-order valence-corrected chi connectivity index (χ3v) is 5.16. The monoisotopic (exact) mass is 428 g/mol. The lowest BCUT2D eigenvalue weighted by Gasteiger charge is -2.14. The van der Waals surface area contributed by atoms with E-state index in [0.717, 1.165) is 5.56 Å². The Bertz CT molecular complexity index is 1300. The third kappa shape index (κ3) is 4.20. The number of ketones is 1. The normalized spacial score (nSPS) is 10.5. The van der Waals surface area contributed by atoms with Gasteiger partial charge in [0.2, 0.25) is 5.75 Å². The van der Waals surface area contributed by atoms with Crippen LogP contribution in [0.2, 0.25) is 5.02 Å². The number of fused-ring (bicyclic) bond motifs is 1. The standard InChI is InChI=1S/C25H17ClN2O3/c1-27-19-11-8-17(9-12-19)23(29)18-10-13-21-20(14-18)22(26)24(25(28-21)30-2)31-15-16-6-4-3-5-7-16/h3-14H,15H2,2H3. The first kappa shape index (κ1) is 20.4. The Labute approximate surface area is 184 Å². The third-order valence-electron chi connectivity index (χ3n) is 4.79. The zero-order chi connectivity index (χ0) is 21.8. The lowest BCUT2D eigenvalue weighted by molar-refractivity contribution is 0.103. The molecule has 4 aromatic rings. The van der Waals surface area contributed by atoms with Gasteiger partial charge in [-0.3, -0.25) is 4.79 Å². The molecule has 0 aliphatic carbocycles. The Morgan fingerprint density at radius 3 is 2.42 bits per heavy atom. The Kier molecular flexibility index (Phi) is 5.83. The molecule has 5 nitrogen and oxygen atoms in total. The molecule has 0 atom stereocenters. The number of halogens is 1. The molecule has 0 radical (unpaired) electrons. The van der Waals surface area contributed by atoms with Gasteiger partial charge in [-0.2, -0.15) is 0 Å². The van der Waals surface area contributed by atoms with Gasteiger partial charge in [0.05, 0.1) is 24.2 Å². The second kappa shape index (κ2) is 8.86. The van der Waals surface area contributed by atoms with E-state index in [4.69, 9.17) is 27.6 Å². The van der Waals surface area contributed by atoms with Crippen LogP contribution < -0.4 is 9.47 Å². The molecule has 0 unspecified atom stereocenters. The summed E-state index contributed by atoms with van der Waals surface area (Å²) < 4.78 is 11.3. The predicted molar refractivity (Wildman–Crippen MR) is 120 cm³/mol. The van der Waals surface area contributed by atoms with E-state index in [1.54, 1.807) is 42.5 Å². The van der Waals surface area contributed by atoms with Crippen molar-refractivity contribution in [2.75, 3.05) is 7.11 Å². The fourth-order valence-electron chi connectivity index (χ4n) is 3.17. The molecular formula is C25H17ClN2O3. The highest BCUT2D eigenvalue weighted by Crippen LogP contribution is 2.39. The lowest BCUT2D eigenvalue weighted by Crippen LogP contribution is -2.03. The van der Waals surface area contributed by atoms with Crippen LogP contribution in [0.15, 0.2) is 72.8 Å². The molecule has 0 amide bonds. The summed E-state index contributed by atoms with van der Waals surface area (Å²) in [5.41, 5.74) is 3.01. The predicted octanol–water partition coefficient (Wildman–Crippen LogP) is 6.26. The molecule has 6 heteroatoms. The topological polar surface area (TPSA) is 52.8 Å². The number of methoxy groups -OCH3 is 1.